The third kappa shape index (κ3) is 3.05. The van der Waals surface area contributed by atoms with Gasteiger partial charge in [0.1, 0.15) is 11.6 Å². The van der Waals surface area contributed by atoms with E-state index < -0.39 is 0 Å². The molecule has 2 nitrogen and oxygen atoms in total. The van der Waals surface area contributed by atoms with Crippen molar-refractivity contribution in [2.45, 2.75) is 39.7 Å². The van der Waals surface area contributed by atoms with Crippen molar-refractivity contribution < 1.29 is 13.9 Å². The van der Waals surface area contributed by atoms with Crippen LogP contribution in [0.1, 0.15) is 44.0 Å². The Kier molecular flexibility index (Phi) is 4.47. The van der Waals surface area contributed by atoms with Gasteiger partial charge in [0, 0.05) is 6.07 Å². The molecule has 3 heteroatoms. The second-order valence-corrected chi connectivity index (χ2v) is 3.75. The molecule has 1 aromatic rings. The average molecular weight is 224 g/mol. The van der Waals surface area contributed by atoms with Crippen molar-refractivity contribution in [3.8, 4) is 5.75 Å². The minimum absolute atomic E-state index is 0.0277. The van der Waals surface area contributed by atoms with E-state index in [-0.39, 0.29) is 17.7 Å². The zero-order valence-corrected chi connectivity index (χ0v) is 9.92. The molecule has 0 bridgehead atoms. The summed E-state index contributed by atoms with van der Waals surface area (Å²) in [6, 6.07) is 4.01. The number of carbonyl (C=O) groups excluding carboxylic acids is 1. The zero-order valence-electron chi connectivity index (χ0n) is 9.92. The molecule has 0 saturated carbocycles. The van der Waals surface area contributed by atoms with E-state index in [9.17, 15) is 9.18 Å². The van der Waals surface area contributed by atoms with Gasteiger partial charge in [-0.3, -0.25) is 4.79 Å². The molecular weight excluding hydrogens is 207 g/mol. The fourth-order valence-electron chi connectivity index (χ4n) is 1.52. The van der Waals surface area contributed by atoms with Gasteiger partial charge in [-0.25, -0.2) is 4.39 Å². The van der Waals surface area contributed by atoms with Crippen molar-refractivity contribution in [2.24, 2.45) is 0 Å². The summed E-state index contributed by atoms with van der Waals surface area (Å²) < 4.78 is 18.7. The summed E-state index contributed by atoms with van der Waals surface area (Å²) in [5, 5.41) is 0. The van der Waals surface area contributed by atoms with Crippen LogP contribution in [0.5, 0.6) is 5.75 Å². The van der Waals surface area contributed by atoms with E-state index in [0.717, 1.165) is 12.8 Å². The fourth-order valence-corrected chi connectivity index (χ4v) is 1.52. The largest absolute Gasteiger partial charge is 0.490 e. The molecule has 0 atom stereocenters. The highest BCUT2D eigenvalue weighted by molar-refractivity contribution is 5.96. The summed E-state index contributed by atoms with van der Waals surface area (Å²) in [7, 11) is 0. The van der Waals surface area contributed by atoms with Crippen molar-refractivity contribution in [1.82, 2.24) is 0 Å². The third-order valence-electron chi connectivity index (χ3n) is 2.53. The highest BCUT2D eigenvalue weighted by Crippen LogP contribution is 2.23. The number of benzene rings is 1. The highest BCUT2D eigenvalue weighted by atomic mass is 19.1. The molecule has 1 rings (SSSR count). The van der Waals surface area contributed by atoms with Gasteiger partial charge in [-0.15, -0.1) is 0 Å². The summed E-state index contributed by atoms with van der Waals surface area (Å²) in [6.45, 7) is 5.45. The quantitative estimate of drug-likeness (QED) is 0.714. The Morgan fingerprint density at radius 1 is 1.38 bits per heavy atom. The standard InChI is InChI=1S/C13H17FO2/c1-4-11(5-2)16-13-8-10(14)6-7-12(13)9(3)15/h6-8,11H,4-5H2,1-3H3. The Morgan fingerprint density at radius 3 is 2.50 bits per heavy atom. The van der Waals surface area contributed by atoms with Gasteiger partial charge >= 0.3 is 0 Å². The smallest absolute Gasteiger partial charge is 0.163 e. The van der Waals surface area contributed by atoms with Crippen LogP contribution in [0.15, 0.2) is 18.2 Å². The third-order valence-corrected chi connectivity index (χ3v) is 2.53. The first-order chi connectivity index (χ1) is 7.58. The van der Waals surface area contributed by atoms with E-state index >= 15 is 0 Å². The Morgan fingerprint density at radius 2 is 2.00 bits per heavy atom. The van der Waals surface area contributed by atoms with Gasteiger partial charge in [-0.1, -0.05) is 13.8 Å². The van der Waals surface area contributed by atoms with Gasteiger partial charge in [-0.05, 0) is 31.9 Å². The number of hydrogen-bond acceptors (Lipinski definition) is 2. The molecule has 0 aromatic heterocycles. The SMILES string of the molecule is CCC(CC)Oc1cc(F)ccc1C(C)=O. The maximum Gasteiger partial charge on any atom is 0.163 e. The normalized spacial score (nSPS) is 10.6. The monoisotopic (exact) mass is 224 g/mol. The van der Waals surface area contributed by atoms with Crippen LogP contribution in [0.4, 0.5) is 4.39 Å². The van der Waals surface area contributed by atoms with Gasteiger partial charge in [0.25, 0.3) is 0 Å². The summed E-state index contributed by atoms with van der Waals surface area (Å²) in [5.41, 5.74) is 0.438. The van der Waals surface area contributed by atoms with Crippen molar-refractivity contribution in [2.75, 3.05) is 0 Å². The van der Waals surface area contributed by atoms with Crippen LogP contribution >= 0.6 is 0 Å². The highest BCUT2D eigenvalue weighted by Gasteiger charge is 2.13. The molecule has 1 aromatic carbocycles. The maximum absolute atomic E-state index is 13.1. The van der Waals surface area contributed by atoms with Crippen LogP contribution in [-0.2, 0) is 0 Å². The molecular formula is C13H17FO2. The topological polar surface area (TPSA) is 26.3 Å². The number of rotatable bonds is 5. The summed E-state index contributed by atoms with van der Waals surface area (Å²) >= 11 is 0. The van der Waals surface area contributed by atoms with Gasteiger partial charge in [-0.2, -0.15) is 0 Å². The molecule has 0 heterocycles. The first-order valence-electron chi connectivity index (χ1n) is 5.55. The first kappa shape index (κ1) is 12.7. The fraction of sp³-hybridized carbons (Fsp3) is 0.462. The summed E-state index contributed by atoms with van der Waals surface area (Å²) in [6.07, 6.45) is 1.70. The van der Waals surface area contributed by atoms with Gasteiger partial charge in [0.05, 0.1) is 11.7 Å². The van der Waals surface area contributed by atoms with Crippen molar-refractivity contribution in [3.05, 3.63) is 29.6 Å². The summed E-state index contributed by atoms with van der Waals surface area (Å²) in [4.78, 5) is 11.3. The van der Waals surface area contributed by atoms with E-state index in [2.05, 4.69) is 0 Å². The van der Waals surface area contributed by atoms with E-state index in [0.29, 0.717) is 11.3 Å². The molecule has 0 radical (unpaired) electrons. The number of hydrogen-bond donors (Lipinski definition) is 0. The van der Waals surface area contributed by atoms with Gasteiger partial charge in [0.15, 0.2) is 5.78 Å². The van der Waals surface area contributed by atoms with Crippen LogP contribution in [0.3, 0.4) is 0 Å². The molecule has 0 N–H and O–H groups in total. The van der Waals surface area contributed by atoms with Crippen LogP contribution in [0, 0.1) is 5.82 Å². The number of Topliss-reactive ketones (excluding diaryl/α,β-unsaturated/α-hetero) is 1. The minimum Gasteiger partial charge on any atom is -0.490 e. The predicted molar refractivity (Wildman–Crippen MR) is 61.4 cm³/mol. The second kappa shape index (κ2) is 5.64. The van der Waals surface area contributed by atoms with Gasteiger partial charge in [0.2, 0.25) is 0 Å². The molecule has 0 amide bonds. The lowest BCUT2D eigenvalue weighted by atomic mass is 10.1. The average Bonchev–Trinajstić information content (AvgIpc) is 2.25. The predicted octanol–water partition coefficient (Wildman–Crippen LogP) is 3.60. The molecule has 0 unspecified atom stereocenters. The number of halogens is 1. The Hall–Kier alpha value is -1.38. The van der Waals surface area contributed by atoms with E-state index in [1.807, 2.05) is 13.8 Å². The molecule has 0 aliphatic rings. The number of carbonyl (C=O) groups is 1. The molecule has 0 fully saturated rings. The van der Waals surface area contributed by atoms with Gasteiger partial charge < -0.3 is 4.74 Å². The molecule has 16 heavy (non-hydrogen) atoms. The Labute approximate surface area is 95.4 Å². The minimum atomic E-state index is -0.383. The van der Waals surface area contributed by atoms with Crippen LogP contribution < -0.4 is 4.74 Å². The van der Waals surface area contributed by atoms with Crippen LogP contribution in [-0.4, -0.2) is 11.9 Å². The second-order valence-electron chi connectivity index (χ2n) is 3.75. The lowest BCUT2D eigenvalue weighted by molar-refractivity contribution is 0.100. The van der Waals surface area contributed by atoms with Crippen molar-refractivity contribution >= 4 is 5.78 Å². The first-order valence-corrected chi connectivity index (χ1v) is 5.55. The van der Waals surface area contributed by atoms with Crippen LogP contribution in [0.2, 0.25) is 0 Å². The lowest BCUT2D eigenvalue weighted by Gasteiger charge is -2.17. The molecule has 0 aliphatic heterocycles. The zero-order chi connectivity index (χ0) is 12.1. The maximum atomic E-state index is 13.1. The van der Waals surface area contributed by atoms with Crippen molar-refractivity contribution in [1.29, 1.82) is 0 Å². The Bertz CT molecular complexity index is 370. The van der Waals surface area contributed by atoms with E-state index in [1.165, 1.54) is 25.1 Å². The summed E-state index contributed by atoms with van der Waals surface area (Å²) in [5.74, 6) is -0.145. The molecule has 0 saturated heterocycles. The van der Waals surface area contributed by atoms with E-state index in [1.54, 1.807) is 0 Å². The number of ketones is 1. The lowest BCUT2D eigenvalue weighted by Crippen LogP contribution is -2.15. The molecule has 0 spiro atoms. The molecule has 0 aliphatic carbocycles. The van der Waals surface area contributed by atoms with Crippen molar-refractivity contribution in [3.63, 3.8) is 0 Å². The Balaban J connectivity index is 3.00. The molecule has 88 valence electrons. The van der Waals surface area contributed by atoms with E-state index in [4.69, 9.17) is 4.74 Å². The number of ether oxygens (including phenoxy) is 1. The van der Waals surface area contributed by atoms with Crippen LogP contribution in [0.25, 0.3) is 0 Å².